The summed E-state index contributed by atoms with van der Waals surface area (Å²) in [6.07, 6.45) is 3.55. The van der Waals surface area contributed by atoms with Gasteiger partial charge in [-0.25, -0.2) is 9.18 Å². The van der Waals surface area contributed by atoms with Crippen LogP contribution in [0.25, 0.3) is 10.9 Å². The highest BCUT2D eigenvalue weighted by atomic mass is 19.1. The molecule has 0 aliphatic carbocycles. The van der Waals surface area contributed by atoms with Crippen LogP contribution in [0.1, 0.15) is 30.6 Å². The lowest BCUT2D eigenvalue weighted by Gasteiger charge is -2.06. The van der Waals surface area contributed by atoms with E-state index in [2.05, 4.69) is 15.4 Å². The standard InChI is InChI=1S/C17H17FN4O3.C2H6/c1-25-8-2-7-22-15-4-3-11(18)9-13(15)16(21-22)20-14-10-19-6-5-12(14)17(23)24;1-2/h3-6,9-10H,2,7-8H2,1H3,(H,20,21)(H,23,24);1-2H3. The van der Waals surface area contributed by atoms with Crippen molar-refractivity contribution in [2.75, 3.05) is 19.0 Å². The van der Waals surface area contributed by atoms with Crippen LogP contribution in [0.3, 0.4) is 0 Å². The zero-order valence-corrected chi connectivity index (χ0v) is 15.6. The summed E-state index contributed by atoms with van der Waals surface area (Å²) in [5.74, 6) is -1.10. The molecule has 8 heteroatoms. The van der Waals surface area contributed by atoms with Crippen LogP contribution in [-0.2, 0) is 11.3 Å². The van der Waals surface area contributed by atoms with Crippen LogP contribution in [-0.4, -0.2) is 39.6 Å². The number of benzene rings is 1. The average Bonchev–Trinajstić information content (AvgIpc) is 3.00. The topological polar surface area (TPSA) is 89.3 Å². The van der Waals surface area contributed by atoms with Crippen LogP contribution in [0.2, 0.25) is 0 Å². The normalized spacial score (nSPS) is 10.4. The number of halogens is 1. The number of rotatable bonds is 7. The number of aromatic carboxylic acids is 1. The van der Waals surface area contributed by atoms with Gasteiger partial charge in [0.2, 0.25) is 0 Å². The van der Waals surface area contributed by atoms with Gasteiger partial charge in [0.15, 0.2) is 5.82 Å². The highest BCUT2D eigenvalue weighted by molar-refractivity contribution is 5.97. The molecule has 0 aliphatic heterocycles. The zero-order chi connectivity index (χ0) is 19.8. The number of carboxylic acids is 1. The molecule has 2 N–H and O–H groups in total. The molecule has 0 bridgehead atoms. The number of hydrogen-bond acceptors (Lipinski definition) is 5. The van der Waals surface area contributed by atoms with Crippen LogP contribution in [0.4, 0.5) is 15.9 Å². The fourth-order valence-electron chi connectivity index (χ4n) is 2.58. The maximum atomic E-state index is 13.7. The van der Waals surface area contributed by atoms with Crippen molar-refractivity contribution < 1.29 is 19.0 Å². The number of aromatic nitrogens is 3. The smallest absolute Gasteiger partial charge is 0.337 e. The average molecular weight is 374 g/mol. The Labute approximate surface area is 156 Å². The monoisotopic (exact) mass is 374 g/mol. The van der Waals surface area contributed by atoms with Gasteiger partial charge in [-0.05, 0) is 30.7 Å². The second-order valence-electron chi connectivity index (χ2n) is 5.43. The number of nitrogens with zero attached hydrogens (tertiary/aromatic N) is 3. The third kappa shape index (κ3) is 4.79. The molecule has 0 unspecified atom stereocenters. The molecule has 27 heavy (non-hydrogen) atoms. The van der Waals surface area contributed by atoms with Crippen LogP contribution in [0.15, 0.2) is 36.7 Å². The molecule has 0 atom stereocenters. The van der Waals surface area contributed by atoms with Crippen LogP contribution in [0, 0.1) is 5.82 Å². The lowest BCUT2D eigenvalue weighted by atomic mass is 10.2. The van der Waals surface area contributed by atoms with E-state index in [1.165, 1.54) is 30.6 Å². The van der Waals surface area contributed by atoms with Crippen molar-refractivity contribution in [3.63, 3.8) is 0 Å². The molecule has 0 amide bonds. The van der Waals surface area contributed by atoms with E-state index in [1.807, 2.05) is 13.8 Å². The Kier molecular flexibility index (Phi) is 7.25. The Hall–Kier alpha value is -3.00. The van der Waals surface area contributed by atoms with Gasteiger partial charge in [-0.15, -0.1) is 0 Å². The fraction of sp³-hybridized carbons (Fsp3) is 0.316. The molecule has 7 nitrogen and oxygen atoms in total. The number of ether oxygens (including phenoxy) is 1. The van der Waals surface area contributed by atoms with Crippen molar-refractivity contribution in [3.8, 4) is 0 Å². The van der Waals surface area contributed by atoms with Crippen LogP contribution >= 0.6 is 0 Å². The third-order valence-electron chi connectivity index (χ3n) is 3.74. The first kappa shape index (κ1) is 20.3. The van der Waals surface area contributed by atoms with Crippen molar-refractivity contribution in [2.45, 2.75) is 26.8 Å². The minimum atomic E-state index is -1.08. The predicted octanol–water partition coefficient (Wildman–Crippen LogP) is 4.07. The van der Waals surface area contributed by atoms with Crippen LogP contribution < -0.4 is 5.32 Å². The first-order valence-electron chi connectivity index (χ1n) is 8.69. The molecule has 1 aromatic carbocycles. The maximum absolute atomic E-state index is 13.7. The highest BCUT2D eigenvalue weighted by Gasteiger charge is 2.15. The summed E-state index contributed by atoms with van der Waals surface area (Å²) in [5.41, 5.74) is 1.11. The molecule has 3 aromatic rings. The van der Waals surface area contributed by atoms with Crippen molar-refractivity contribution in [1.82, 2.24) is 14.8 Å². The molecule has 0 spiro atoms. The summed E-state index contributed by atoms with van der Waals surface area (Å²) < 4.78 is 20.5. The number of carboxylic acid groups (broad SMARTS) is 1. The molecular formula is C19H23FN4O3. The number of anilines is 2. The van der Waals surface area contributed by atoms with E-state index in [9.17, 15) is 14.3 Å². The number of methoxy groups -OCH3 is 1. The van der Waals surface area contributed by atoms with Gasteiger partial charge < -0.3 is 15.2 Å². The molecule has 144 valence electrons. The first-order chi connectivity index (χ1) is 13.1. The molecule has 0 saturated heterocycles. The van der Waals surface area contributed by atoms with Gasteiger partial charge in [0, 0.05) is 31.8 Å². The van der Waals surface area contributed by atoms with E-state index in [0.717, 1.165) is 11.9 Å². The number of fused-ring (bicyclic) bond motifs is 1. The predicted molar refractivity (Wildman–Crippen MR) is 102 cm³/mol. The lowest BCUT2D eigenvalue weighted by molar-refractivity contribution is 0.0698. The third-order valence-corrected chi connectivity index (χ3v) is 3.74. The largest absolute Gasteiger partial charge is 0.478 e. The van der Waals surface area contributed by atoms with Gasteiger partial charge in [0.1, 0.15) is 5.82 Å². The van der Waals surface area contributed by atoms with Crippen LogP contribution in [0.5, 0.6) is 0 Å². The Bertz CT molecular complexity index is 911. The van der Waals surface area contributed by atoms with Crippen molar-refractivity contribution in [3.05, 3.63) is 48.0 Å². The SMILES string of the molecule is CC.COCCCn1nc(Nc2cnccc2C(=O)O)c2cc(F)ccc21. The van der Waals surface area contributed by atoms with E-state index in [-0.39, 0.29) is 5.56 Å². The Morgan fingerprint density at radius 3 is 2.81 bits per heavy atom. The van der Waals surface area contributed by atoms with Gasteiger partial charge >= 0.3 is 5.97 Å². The summed E-state index contributed by atoms with van der Waals surface area (Å²) in [6, 6.07) is 5.78. The minimum Gasteiger partial charge on any atom is -0.478 e. The number of carbonyl (C=O) groups is 1. The summed E-state index contributed by atoms with van der Waals surface area (Å²) in [7, 11) is 1.62. The summed E-state index contributed by atoms with van der Waals surface area (Å²) in [6.45, 7) is 5.17. The van der Waals surface area contributed by atoms with E-state index < -0.39 is 11.8 Å². The summed E-state index contributed by atoms with van der Waals surface area (Å²) in [4.78, 5) is 15.3. The Morgan fingerprint density at radius 2 is 2.11 bits per heavy atom. The Balaban J connectivity index is 0.00000126. The highest BCUT2D eigenvalue weighted by Crippen LogP contribution is 2.28. The zero-order valence-electron chi connectivity index (χ0n) is 15.6. The number of aryl methyl sites for hydroxylation is 1. The molecule has 0 aliphatic rings. The van der Waals surface area contributed by atoms with Gasteiger partial charge in [-0.1, -0.05) is 13.8 Å². The molecular weight excluding hydrogens is 351 g/mol. The van der Waals surface area contributed by atoms with Crippen molar-refractivity contribution in [2.24, 2.45) is 0 Å². The molecule has 3 rings (SSSR count). The molecule has 0 saturated carbocycles. The van der Waals surface area contributed by atoms with Gasteiger partial charge in [0.25, 0.3) is 0 Å². The van der Waals surface area contributed by atoms with Gasteiger partial charge in [-0.3, -0.25) is 9.67 Å². The second kappa shape index (κ2) is 9.63. The Morgan fingerprint density at radius 1 is 1.33 bits per heavy atom. The minimum absolute atomic E-state index is 0.0634. The van der Waals surface area contributed by atoms with Crippen molar-refractivity contribution >= 4 is 28.4 Å². The quantitative estimate of drug-likeness (QED) is 0.606. The second-order valence-corrected chi connectivity index (χ2v) is 5.43. The summed E-state index contributed by atoms with van der Waals surface area (Å²) >= 11 is 0. The maximum Gasteiger partial charge on any atom is 0.337 e. The summed E-state index contributed by atoms with van der Waals surface area (Å²) in [5, 5.41) is 17.3. The number of hydrogen-bond donors (Lipinski definition) is 2. The lowest BCUT2D eigenvalue weighted by Crippen LogP contribution is -2.05. The van der Waals surface area contributed by atoms with E-state index in [0.29, 0.717) is 30.0 Å². The number of nitrogens with one attached hydrogen (secondary N) is 1. The molecule has 2 heterocycles. The molecule has 2 aromatic heterocycles. The van der Waals surface area contributed by atoms with Gasteiger partial charge in [-0.2, -0.15) is 5.10 Å². The van der Waals surface area contributed by atoms with E-state index in [1.54, 1.807) is 17.9 Å². The van der Waals surface area contributed by atoms with Gasteiger partial charge in [0.05, 0.1) is 23.0 Å². The van der Waals surface area contributed by atoms with Crippen molar-refractivity contribution in [1.29, 1.82) is 0 Å². The number of pyridine rings is 1. The molecule has 0 radical (unpaired) electrons. The molecule has 0 fully saturated rings. The van der Waals surface area contributed by atoms with E-state index in [4.69, 9.17) is 4.74 Å². The van der Waals surface area contributed by atoms with E-state index >= 15 is 0 Å². The fourth-order valence-corrected chi connectivity index (χ4v) is 2.58. The first-order valence-corrected chi connectivity index (χ1v) is 8.69.